The molecule has 0 aliphatic rings. The van der Waals surface area contributed by atoms with E-state index in [2.05, 4.69) is 16.0 Å². The molecule has 0 atom stereocenters. The Morgan fingerprint density at radius 2 is 2.00 bits per heavy atom. The number of carbonyl (C=O) groups excluding carboxylic acids is 2. The zero-order chi connectivity index (χ0) is 18.2. The fourth-order valence-electron chi connectivity index (χ4n) is 1.88. The zero-order valence-electron chi connectivity index (χ0n) is 13.6. The van der Waals surface area contributed by atoms with Gasteiger partial charge in [-0.15, -0.1) is 6.42 Å². The van der Waals surface area contributed by atoms with Crippen LogP contribution in [0, 0.1) is 26.2 Å². The molecule has 2 N–H and O–H groups in total. The maximum absolute atomic E-state index is 12.2. The molecule has 0 spiro atoms. The molecule has 0 aliphatic heterocycles. The van der Waals surface area contributed by atoms with Crippen molar-refractivity contribution in [2.24, 2.45) is 0 Å². The third kappa shape index (κ3) is 6.40. The number of hydrogen-bond donors (Lipinski definition) is 2. The number of terminal acetylenes is 1. The third-order valence-electron chi connectivity index (χ3n) is 2.99. The first-order valence-electron chi connectivity index (χ1n) is 7.19. The average Bonchev–Trinajstić information content (AvgIpc) is 2.50. The maximum Gasteiger partial charge on any atom is 0.307 e. The van der Waals surface area contributed by atoms with Crippen molar-refractivity contribution in [2.45, 2.75) is 25.2 Å². The Morgan fingerprint density at radius 1 is 1.29 bits per heavy atom. The minimum Gasteiger partial charge on any atom is -0.456 e. The number of esters is 1. The Kier molecular flexibility index (Phi) is 7.42. The summed E-state index contributed by atoms with van der Waals surface area (Å²) in [6, 6.07) is 4.98. The smallest absolute Gasteiger partial charge is 0.307 e. The van der Waals surface area contributed by atoms with Crippen LogP contribution in [-0.2, 0) is 24.3 Å². The van der Waals surface area contributed by atoms with E-state index in [1.54, 1.807) is 19.1 Å². The Bertz CT molecular complexity index is 750. The summed E-state index contributed by atoms with van der Waals surface area (Å²) in [6.07, 6.45) is 4.78. The van der Waals surface area contributed by atoms with Gasteiger partial charge in [-0.2, -0.15) is 0 Å². The summed E-state index contributed by atoms with van der Waals surface area (Å²) in [5.41, 5.74) is 1.58. The molecule has 1 aromatic rings. The first-order chi connectivity index (χ1) is 11.3. The van der Waals surface area contributed by atoms with E-state index in [0.717, 1.165) is 5.56 Å². The first-order valence-corrected chi connectivity index (χ1v) is 8.67. The highest BCUT2D eigenvalue weighted by Gasteiger charge is 2.17. The SMILES string of the molecule is C#CCNC(=O)COC(=O)CCNS(=O)(=O)c1ccc(C)cc1C. The van der Waals surface area contributed by atoms with E-state index in [1.807, 2.05) is 6.92 Å². The van der Waals surface area contributed by atoms with Gasteiger partial charge < -0.3 is 10.1 Å². The van der Waals surface area contributed by atoms with E-state index in [0.29, 0.717) is 5.56 Å². The number of amides is 1. The van der Waals surface area contributed by atoms with Gasteiger partial charge in [-0.05, 0) is 25.5 Å². The summed E-state index contributed by atoms with van der Waals surface area (Å²) in [5.74, 6) is 1.01. The number of hydrogen-bond acceptors (Lipinski definition) is 5. The topological polar surface area (TPSA) is 102 Å². The van der Waals surface area contributed by atoms with Crippen LogP contribution in [0.15, 0.2) is 23.1 Å². The minimum absolute atomic E-state index is 0.0477. The number of aryl methyl sites for hydroxylation is 2. The van der Waals surface area contributed by atoms with E-state index in [9.17, 15) is 18.0 Å². The number of nitrogens with one attached hydrogen (secondary N) is 2. The van der Waals surface area contributed by atoms with Crippen LogP contribution in [0.1, 0.15) is 17.5 Å². The van der Waals surface area contributed by atoms with Crippen molar-refractivity contribution >= 4 is 21.9 Å². The van der Waals surface area contributed by atoms with Crippen LogP contribution in [0.3, 0.4) is 0 Å². The van der Waals surface area contributed by atoms with E-state index in [4.69, 9.17) is 11.2 Å². The molecular formula is C16H20N2O5S. The summed E-state index contributed by atoms with van der Waals surface area (Å²) in [7, 11) is -3.71. The average molecular weight is 352 g/mol. The number of sulfonamides is 1. The van der Waals surface area contributed by atoms with Gasteiger partial charge in [0.2, 0.25) is 10.0 Å². The maximum atomic E-state index is 12.2. The standard InChI is InChI=1S/C16H20N2O5S/c1-4-8-17-15(19)11-23-16(20)7-9-18-24(21,22)14-6-5-12(2)10-13(14)3/h1,5-6,10,18H,7-9,11H2,2-3H3,(H,17,19). The molecule has 1 aromatic carbocycles. The second-order valence-corrected chi connectivity index (χ2v) is 6.79. The van der Waals surface area contributed by atoms with Gasteiger partial charge in [-0.25, -0.2) is 13.1 Å². The van der Waals surface area contributed by atoms with Gasteiger partial charge in [0.15, 0.2) is 6.61 Å². The lowest BCUT2D eigenvalue weighted by molar-refractivity contribution is -0.148. The van der Waals surface area contributed by atoms with Gasteiger partial charge in [0, 0.05) is 6.54 Å². The molecule has 0 heterocycles. The molecule has 0 fully saturated rings. The van der Waals surface area contributed by atoms with Crippen molar-refractivity contribution in [2.75, 3.05) is 19.7 Å². The van der Waals surface area contributed by atoms with Crippen LogP contribution in [0.5, 0.6) is 0 Å². The predicted molar refractivity (Wildman–Crippen MR) is 88.5 cm³/mol. The lowest BCUT2D eigenvalue weighted by atomic mass is 10.2. The van der Waals surface area contributed by atoms with Crippen LogP contribution in [-0.4, -0.2) is 40.0 Å². The van der Waals surface area contributed by atoms with Crippen molar-refractivity contribution in [3.05, 3.63) is 29.3 Å². The minimum atomic E-state index is -3.71. The van der Waals surface area contributed by atoms with Gasteiger partial charge >= 0.3 is 5.97 Å². The molecule has 0 aromatic heterocycles. The van der Waals surface area contributed by atoms with Gasteiger partial charge in [0.1, 0.15) is 0 Å². The lowest BCUT2D eigenvalue weighted by Gasteiger charge is -2.10. The molecule has 0 saturated heterocycles. The van der Waals surface area contributed by atoms with Gasteiger partial charge in [-0.1, -0.05) is 23.6 Å². The van der Waals surface area contributed by atoms with Crippen LogP contribution in [0.2, 0.25) is 0 Å². The number of rotatable bonds is 8. The Labute approximate surface area is 141 Å². The molecule has 24 heavy (non-hydrogen) atoms. The monoisotopic (exact) mass is 352 g/mol. The number of carbonyl (C=O) groups is 2. The number of ether oxygens (including phenoxy) is 1. The Hall–Kier alpha value is -2.37. The molecular weight excluding hydrogens is 332 g/mol. The van der Waals surface area contributed by atoms with Crippen molar-refractivity contribution < 1.29 is 22.7 Å². The fourth-order valence-corrected chi connectivity index (χ4v) is 3.14. The molecule has 0 unspecified atom stereocenters. The summed E-state index contributed by atoms with van der Waals surface area (Å²) < 4.78 is 31.4. The third-order valence-corrected chi connectivity index (χ3v) is 4.61. The summed E-state index contributed by atoms with van der Waals surface area (Å²) in [5, 5.41) is 2.34. The zero-order valence-corrected chi connectivity index (χ0v) is 14.4. The van der Waals surface area contributed by atoms with Crippen molar-refractivity contribution in [3.63, 3.8) is 0 Å². The second-order valence-electron chi connectivity index (χ2n) is 5.06. The molecule has 130 valence electrons. The van der Waals surface area contributed by atoms with E-state index >= 15 is 0 Å². The highest BCUT2D eigenvalue weighted by Crippen LogP contribution is 2.16. The normalized spacial score (nSPS) is 10.7. The van der Waals surface area contributed by atoms with Crippen LogP contribution in [0.4, 0.5) is 0 Å². The van der Waals surface area contributed by atoms with Gasteiger partial charge in [0.25, 0.3) is 5.91 Å². The molecule has 8 heteroatoms. The largest absolute Gasteiger partial charge is 0.456 e. The summed E-state index contributed by atoms with van der Waals surface area (Å²) in [6.45, 7) is 3.04. The van der Waals surface area contributed by atoms with Crippen LogP contribution in [0.25, 0.3) is 0 Å². The van der Waals surface area contributed by atoms with Crippen LogP contribution < -0.4 is 10.0 Å². The molecule has 0 aliphatic carbocycles. The summed E-state index contributed by atoms with van der Waals surface area (Å²) >= 11 is 0. The second kappa shape index (κ2) is 9.05. The molecule has 0 bridgehead atoms. The molecule has 1 amide bonds. The first kappa shape index (κ1) is 19.7. The highest BCUT2D eigenvalue weighted by molar-refractivity contribution is 7.89. The highest BCUT2D eigenvalue weighted by atomic mass is 32.2. The quantitative estimate of drug-likeness (QED) is 0.516. The van der Waals surface area contributed by atoms with Gasteiger partial charge in [-0.3, -0.25) is 9.59 Å². The fraction of sp³-hybridized carbons (Fsp3) is 0.375. The van der Waals surface area contributed by atoms with E-state index in [-0.39, 0.29) is 24.4 Å². The van der Waals surface area contributed by atoms with Crippen molar-refractivity contribution in [3.8, 4) is 12.3 Å². The number of benzene rings is 1. The van der Waals surface area contributed by atoms with Gasteiger partial charge in [0.05, 0.1) is 17.9 Å². The molecule has 7 nitrogen and oxygen atoms in total. The Morgan fingerprint density at radius 3 is 2.62 bits per heavy atom. The van der Waals surface area contributed by atoms with Crippen molar-refractivity contribution in [1.29, 1.82) is 0 Å². The van der Waals surface area contributed by atoms with Crippen LogP contribution >= 0.6 is 0 Å². The molecule has 1 rings (SSSR count). The van der Waals surface area contributed by atoms with E-state index in [1.165, 1.54) is 6.07 Å². The van der Waals surface area contributed by atoms with E-state index < -0.39 is 28.5 Å². The Balaban J connectivity index is 2.44. The summed E-state index contributed by atoms with van der Waals surface area (Å²) in [4.78, 5) is 22.8. The van der Waals surface area contributed by atoms with Crippen molar-refractivity contribution in [1.82, 2.24) is 10.0 Å². The lowest BCUT2D eigenvalue weighted by Crippen LogP contribution is -2.30. The molecule has 0 saturated carbocycles. The molecule has 0 radical (unpaired) electrons. The predicted octanol–water partition coefficient (Wildman–Crippen LogP) is 0.264.